The van der Waals surface area contributed by atoms with Gasteiger partial charge in [-0.3, -0.25) is 0 Å². The topological polar surface area (TPSA) is 55.8 Å². The number of ether oxygens (including phenoxy) is 2. The van der Waals surface area contributed by atoms with Crippen LogP contribution in [0.25, 0.3) is 0 Å². The van der Waals surface area contributed by atoms with E-state index in [4.69, 9.17) is 16.3 Å². The standard InChI is InChI=1S/C16H20ClF2NO4S/c17-12-3-4-14(23-8-6-11-1-2-11)15(9-12)25(21,22)20-7-5-13(10-20)24-16(18)19/h3-4,9,11,13,16H,1-2,5-8,10H2/t13-/m0/s1. The summed E-state index contributed by atoms with van der Waals surface area (Å²) >= 11 is 5.96. The molecule has 0 spiro atoms. The number of hydrogen-bond acceptors (Lipinski definition) is 4. The van der Waals surface area contributed by atoms with Crippen LogP contribution in [0.15, 0.2) is 23.1 Å². The molecule has 2 fully saturated rings. The molecule has 0 amide bonds. The van der Waals surface area contributed by atoms with Crippen molar-refractivity contribution in [2.45, 2.75) is 43.3 Å². The molecular weight excluding hydrogens is 376 g/mol. The maximum atomic E-state index is 12.9. The average molecular weight is 396 g/mol. The van der Waals surface area contributed by atoms with Crippen LogP contribution in [0.2, 0.25) is 5.02 Å². The monoisotopic (exact) mass is 395 g/mol. The van der Waals surface area contributed by atoms with Gasteiger partial charge in [-0.15, -0.1) is 0 Å². The highest BCUT2D eigenvalue weighted by molar-refractivity contribution is 7.89. The van der Waals surface area contributed by atoms with Crippen molar-refractivity contribution in [3.05, 3.63) is 23.2 Å². The summed E-state index contributed by atoms with van der Waals surface area (Å²) in [5.74, 6) is 0.904. The highest BCUT2D eigenvalue weighted by Crippen LogP contribution is 2.35. The van der Waals surface area contributed by atoms with E-state index in [1.807, 2.05) is 0 Å². The van der Waals surface area contributed by atoms with Gasteiger partial charge in [0.2, 0.25) is 10.0 Å². The van der Waals surface area contributed by atoms with E-state index in [1.165, 1.54) is 25.0 Å². The first-order valence-electron chi connectivity index (χ1n) is 8.22. The van der Waals surface area contributed by atoms with Crippen LogP contribution in [0.5, 0.6) is 5.75 Å². The van der Waals surface area contributed by atoms with Gasteiger partial charge < -0.3 is 9.47 Å². The molecule has 25 heavy (non-hydrogen) atoms. The molecule has 0 N–H and O–H groups in total. The van der Waals surface area contributed by atoms with Crippen molar-refractivity contribution < 1.29 is 26.7 Å². The molecule has 0 aromatic heterocycles. The molecule has 3 rings (SSSR count). The molecule has 140 valence electrons. The minimum atomic E-state index is -3.90. The van der Waals surface area contributed by atoms with E-state index in [0.29, 0.717) is 12.5 Å². The van der Waals surface area contributed by atoms with Crippen LogP contribution >= 0.6 is 11.6 Å². The summed E-state index contributed by atoms with van der Waals surface area (Å²) in [7, 11) is -3.90. The number of hydrogen-bond donors (Lipinski definition) is 0. The molecule has 0 radical (unpaired) electrons. The second-order valence-corrected chi connectivity index (χ2v) is 8.68. The third-order valence-corrected chi connectivity index (χ3v) is 6.53. The fourth-order valence-corrected chi connectivity index (χ4v) is 4.74. The van der Waals surface area contributed by atoms with E-state index in [1.54, 1.807) is 6.07 Å². The maximum absolute atomic E-state index is 12.9. The molecule has 9 heteroatoms. The van der Waals surface area contributed by atoms with Crippen molar-refractivity contribution >= 4 is 21.6 Å². The Bertz CT molecular complexity index is 712. The molecule has 1 saturated heterocycles. The van der Waals surface area contributed by atoms with Crippen molar-refractivity contribution in [2.75, 3.05) is 19.7 Å². The average Bonchev–Trinajstić information content (AvgIpc) is 3.24. The van der Waals surface area contributed by atoms with E-state index in [2.05, 4.69) is 4.74 Å². The predicted molar refractivity (Wildman–Crippen MR) is 88.5 cm³/mol. The highest BCUT2D eigenvalue weighted by Gasteiger charge is 2.36. The van der Waals surface area contributed by atoms with Crippen LogP contribution in [0.3, 0.4) is 0 Å². The summed E-state index contributed by atoms with van der Waals surface area (Å²) in [6.07, 6.45) is 2.68. The Morgan fingerprint density at radius 3 is 2.72 bits per heavy atom. The van der Waals surface area contributed by atoms with Crippen molar-refractivity contribution in [1.29, 1.82) is 0 Å². The molecule has 1 aliphatic carbocycles. The second kappa shape index (κ2) is 7.73. The summed E-state index contributed by atoms with van der Waals surface area (Å²) < 4.78 is 61.7. The summed E-state index contributed by atoms with van der Waals surface area (Å²) in [6, 6.07) is 4.44. The van der Waals surface area contributed by atoms with Crippen molar-refractivity contribution in [1.82, 2.24) is 4.31 Å². The summed E-state index contributed by atoms with van der Waals surface area (Å²) in [6.45, 7) is -2.47. The van der Waals surface area contributed by atoms with Crippen LogP contribution in [0, 0.1) is 5.92 Å². The number of halogens is 3. The fraction of sp³-hybridized carbons (Fsp3) is 0.625. The second-order valence-electron chi connectivity index (χ2n) is 6.34. The van der Waals surface area contributed by atoms with Gasteiger partial charge in [-0.1, -0.05) is 24.4 Å². The van der Waals surface area contributed by atoms with E-state index >= 15 is 0 Å². The Labute approximate surface area is 150 Å². The van der Waals surface area contributed by atoms with Gasteiger partial charge >= 0.3 is 6.61 Å². The smallest absolute Gasteiger partial charge is 0.345 e. The van der Waals surface area contributed by atoms with Gasteiger partial charge in [0, 0.05) is 18.1 Å². The third kappa shape index (κ3) is 4.81. The van der Waals surface area contributed by atoms with Gasteiger partial charge in [0.05, 0.1) is 12.7 Å². The molecule has 1 aromatic carbocycles. The van der Waals surface area contributed by atoms with Crippen LogP contribution < -0.4 is 4.74 Å². The normalized spacial score (nSPS) is 21.8. The zero-order chi connectivity index (χ0) is 18.0. The first-order chi connectivity index (χ1) is 11.9. The summed E-state index contributed by atoms with van der Waals surface area (Å²) in [5.41, 5.74) is 0. The molecule has 0 bridgehead atoms. The molecule has 0 unspecified atom stereocenters. The van der Waals surface area contributed by atoms with E-state index < -0.39 is 22.7 Å². The number of rotatable bonds is 8. The molecule has 1 saturated carbocycles. The Morgan fingerprint density at radius 2 is 2.04 bits per heavy atom. The van der Waals surface area contributed by atoms with Gasteiger partial charge in [0.1, 0.15) is 10.6 Å². The van der Waals surface area contributed by atoms with Crippen molar-refractivity contribution in [2.24, 2.45) is 5.92 Å². The summed E-state index contributed by atoms with van der Waals surface area (Å²) in [4.78, 5) is -0.0338. The zero-order valence-electron chi connectivity index (χ0n) is 13.5. The zero-order valence-corrected chi connectivity index (χ0v) is 15.1. The Kier molecular flexibility index (Phi) is 5.82. The first-order valence-corrected chi connectivity index (χ1v) is 10.0. The lowest BCUT2D eigenvalue weighted by Crippen LogP contribution is -2.31. The molecular formula is C16H20ClF2NO4S. The van der Waals surface area contributed by atoms with Gasteiger partial charge in [-0.25, -0.2) is 8.42 Å². The SMILES string of the molecule is O=S(=O)(c1cc(Cl)ccc1OCCC1CC1)N1CC[C@H](OC(F)F)C1. The van der Waals surface area contributed by atoms with Crippen molar-refractivity contribution in [3.63, 3.8) is 0 Å². The van der Waals surface area contributed by atoms with Gasteiger partial charge in [0.15, 0.2) is 0 Å². The van der Waals surface area contributed by atoms with E-state index in [9.17, 15) is 17.2 Å². The quantitative estimate of drug-likeness (QED) is 0.675. The van der Waals surface area contributed by atoms with Gasteiger partial charge in [-0.2, -0.15) is 13.1 Å². The number of sulfonamides is 1. The Balaban J connectivity index is 1.75. The minimum absolute atomic E-state index is 0.0338. The van der Waals surface area contributed by atoms with Crippen LogP contribution in [-0.2, 0) is 14.8 Å². The van der Waals surface area contributed by atoms with Gasteiger partial charge in [-0.05, 0) is 37.0 Å². The molecule has 1 heterocycles. The lowest BCUT2D eigenvalue weighted by molar-refractivity contribution is -0.157. The van der Waals surface area contributed by atoms with Crippen LogP contribution in [0.1, 0.15) is 25.7 Å². The van der Waals surface area contributed by atoms with Crippen LogP contribution in [-0.4, -0.2) is 45.1 Å². The first kappa shape index (κ1) is 18.8. The lowest BCUT2D eigenvalue weighted by Gasteiger charge is -2.19. The number of alkyl halides is 2. The maximum Gasteiger partial charge on any atom is 0.345 e. The van der Waals surface area contributed by atoms with E-state index in [0.717, 1.165) is 10.7 Å². The van der Waals surface area contributed by atoms with Crippen LogP contribution in [0.4, 0.5) is 8.78 Å². The molecule has 1 aromatic rings. The largest absolute Gasteiger partial charge is 0.492 e. The number of nitrogens with zero attached hydrogens (tertiary/aromatic N) is 1. The summed E-state index contributed by atoms with van der Waals surface area (Å²) in [5, 5.41) is 0.271. The Hall–Kier alpha value is -0.960. The molecule has 5 nitrogen and oxygen atoms in total. The third-order valence-electron chi connectivity index (χ3n) is 4.41. The molecule has 1 aliphatic heterocycles. The van der Waals surface area contributed by atoms with E-state index in [-0.39, 0.29) is 35.2 Å². The van der Waals surface area contributed by atoms with Crippen molar-refractivity contribution in [3.8, 4) is 5.75 Å². The molecule has 1 atom stereocenters. The minimum Gasteiger partial charge on any atom is -0.492 e. The number of benzene rings is 1. The van der Waals surface area contributed by atoms with Gasteiger partial charge in [0.25, 0.3) is 0 Å². The molecule has 2 aliphatic rings. The lowest BCUT2D eigenvalue weighted by atomic mass is 10.3. The fourth-order valence-electron chi connectivity index (χ4n) is 2.86. The predicted octanol–water partition coefficient (Wildman–Crippen LogP) is 3.52. The highest BCUT2D eigenvalue weighted by atomic mass is 35.5. The Morgan fingerprint density at radius 1 is 1.28 bits per heavy atom.